The van der Waals surface area contributed by atoms with Gasteiger partial charge in [-0.15, -0.1) is 0 Å². The number of rotatable bonds is 4. The van der Waals surface area contributed by atoms with Crippen LogP contribution < -0.4 is 0 Å². The van der Waals surface area contributed by atoms with Crippen LogP contribution in [0.4, 0.5) is 0 Å². The van der Waals surface area contributed by atoms with Gasteiger partial charge < -0.3 is 0 Å². The van der Waals surface area contributed by atoms with E-state index in [1.165, 1.54) is 32.1 Å². The number of nitriles is 1. The van der Waals surface area contributed by atoms with Gasteiger partial charge in [-0.3, -0.25) is 4.18 Å². The van der Waals surface area contributed by atoms with Gasteiger partial charge in [-0.1, -0.05) is 0 Å². The molecule has 0 aromatic rings. The smallest absolute Gasteiger partial charge is 0.264 e. The van der Waals surface area contributed by atoms with Crippen LogP contribution >= 0.6 is 0 Å². The molecule has 5 heteroatoms. The van der Waals surface area contributed by atoms with E-state index in [9.17, 15) is 13.7 Å². The summed E-state index contributed by atoms with van der Waals surface area (Å²) in [6, 6.07) is 2.30. The summed E-state index contributed by atoms with van der Waals surface area (Å²) in [5.74, 6) is 2.61. The van der Waals surface area contributed by atoms with E-state index in [2.05, 4.69) is 6.07 Å². The van der Waals surface area contributed by atoms with Crippen LogP contribution in [0.3, 0.4) is 0 Å². The van der Waals surface area contributed by atoms with E-state index in [1.54, 1.807) is 0 Å². The average molecular weight is 283 g/mol. The van der Waals surface area contributed by atoms with Crippen molar-refractivity contribution in [3.8, 4) is 6.07 Å². The lowest BCUT2D eigenvalue weighted by Crippen LogP contribution is -2.55. The van der Waals surface area contributed by atoms with Crippen LogP contribution in [-0.4, -0.2) is 21.3 Å². The van der Waals surface area contributed by atoms with Crippen LogP contribution in [-0.2, 0) is 14.3 Å². The van der Waals surface area contributed by atoms with E-state index in [-0.39, 0.29) is 12.0 Å². The number of hydrogen-bond acceptors (Lipinski definition) is 4. The molecule has 0 aliphatic heterocycles. The Labute approximate surface area is 115 Å². The maximum Gasteiger partial charge on any atom is 0.264 e. The molecular weight excluding hydrogens is 262 g/mol. The Balaban J connectivity index is 1.86. The highest BCUT2D eigenvalue weighted by Gasteiger charge is 2.57. The first kappa shape index (κ1) is 13.4. The summed E-state index contributed by atoms with van der Waals surface area (Å²) in [6.07, 6.45) is 7.57. The predicted molar refractivity (Wildman–Crippen MR) is 70.5 cm³/mol. The average Bonchev–Trinajstić information content (AvgIpc) is 2.30. The molecule has 106 valence electrons. The van der Waals surface area contributed by atoms with Gasteiger partial charge in [0.2, 0.25) is 0 Å². The summed E-state index contributed by atoms with van der Waals surface area (Å²) in [5.41, 5.74) is -0.203. The Morgan fingerprint density at radius 3 is 2.11 bits per heavy atom. The normalized spacial score (nSPS) is 44.2. The van der Waals surface area contributed by atoms with E-state index in [0.29, 0.717) is 18.3 Å². The van der Waals surface area contributed by atoms with Crippen molar-refractivity contribution in [2.75, 3.05) is 12.9 Å². The lowest BCUT2D eigenvalue weighted by atomic mass is 9.45. The van der Waals surface area contributed by atoms with E-state index < -0.39 is 10.1 Å². The summed E-state index contributed by atoms with van der Waals surface area (Å²) >= 11 is 0. The maximum atomic E-state index is 11.3. The van der Waals surface area contributed by atoms with Crippen molar-refractivity contribution in [2.45, 2.75) is 38.5 Å². The fourth-order valence-electron chi connectivity index (χ4n) is 5.06. The fraction of sp³-hybridized carbons (Fsp3) is 0.929. The molecule has 4 aliphatic rings. The Bertz CT molecular complexity index is 477. The summed E-state index contributed by atoms with van der Waals surface area (Å²) in [6.45, 7) is 0.216. The first-order valence-corrected chi connectivity index (χ1v) is 8.96. The molecule has 0 aromatic carbocycles. The first-order chi connectivity index (χ1) is 8.93. The van der Waals surface area contributed by atoms with Crippen LogP contribution in [0.5, 0.6) is 0 Å². The zero-order chi connectivity index (χ0) is 13.7. The lowest BCUT2D eigenvalue weighted by molar-refractivity contribution is -0.124. The van der Waals surface area contributed by atoms with Crippen LogP contribution in [0.25, 0.3) is 0 Å². The third-order valence-corrected chi connectivity index (χ3v) is 6.26. The second-order valence-electron chi connectivity index (χ2n) is 6.84. The van der Waals surface area contributed by atoms with Gasteiger partial charge >= 0.3 is 0 Å². The SMILES string of the molecule is CS(=O)(=O)OCC1(CC#N)C2CC3CC(C2)CC1C3. The summed E-state index contributed by atoms with van der Waals surface area (Å²) in [7, 11) is -3.42. The van der Waals surface area contributed by atoms with Gasteiger partial charge in [0.1, 0.15) is 0 Å². The van der Waals surface area contributed by atoms with Crippen LogP contribution in [0, 0.1) is 40.4 Å². The van der Waals surface area contributed by atoms with Crippen LogP contribution in [0.15, 0.2) is 0 Å². The van der Waals surface area contributed by atoms with Crippen molar-refractivity contribution in [1.29, 1.82) is 5.26 Å². The quantitative estimate of drug-likeness (QED) is 0.743. The molecule has 0 aromatic heterocycles. The molecular formula is C14H21NO3S. The topological polar surface area (TPSA) is 67.2 Å². The fourth-order valence-corrected chi connectivity index (χ4v) is 5.50. The van der Waals surface area contributed by atoms with Crippen molar-refractivity contribution < 1.29 is 12.6 Å². The molecule has 4 nitrogen and oxygen atoms in total. The largest absolute Gasteiger partial charge is 0.270 e. The molecule has 0 saturated heterocycles. The standard InChI is InChI=1S/C14H21NO3S/c1-19(16,17)18-9-14(2-3-15)12-5-10-4-11(7-12)8-13(14)6-10/h10-13H,2,4-9H2,1H3. The Kier molecular flexibility index (Phi) is 3.14. The van der Waals surface area contributed by atoms with Gasteiger partial charge in [0.05, 0.1) is 18.9 Å². The Morgan fingerprint density at radius 1 is 1.16 bits per heavy atom. The Morgan fingerprint density at radius 2 is 1.68 bits per heavy atom. The van der Waals surface area contributed by atoms with Crippen molar-refractivity contribution in [3.05, 3.63) is 0 Å². The minimum atomic E-state index is -3.42. The van der Waals surface area contributed by atoms with Gasteiger partial charge in [-0.05, 0) is 55.8 Å². The summed E-state index contributed by atoms with van der Waals surface area (Å²) < 4.78 is 27.7. The predicted octanol–water partition coefficient (Wildman–Crippen LogP) is 2.32. The molecule has 4 aliphatic carbocycles. The second-order valence-corrected chi connectivity index (χ2v) is 8.48. The zero-order valence-electron chi connectivity index (χ0n) is 11.3. The minimum absolute atomic E-state index is 0.203. The van der Waals surface area contributed by atoms with Crippen molar-refractivity contribution in [1.82, 2.24) is 0 Å². The molecule has 4 bridgehead atoms. The van der Waals surface area contributed by atoms with Crippen molar-refractivity contribution >= 4 is 10.1 Å². The van der Waals surface area contributed by atoms with E-state index in [1.807, 2.05) is 0 Å². The summed E-state index contributed by atoms with van der Waals surface area (Å²) in [5, 5.41) is 9.19. The molecule has 4 fully saturated rings. The third-order valence-electron chi connectivity index (χ3n) is 5.71. The van der Waals surface area contributed by atoms with Crippen molar-refractivity contribution in [2.24, 2.45) is 29.1 Å². The van der Waals surface area contributed by atoms with E-state index in [4.69, 9.17) is 4.18 Å². The molecule has 0 spiro atoms. The summed E-state index contributed by atoms with van der Waals surface area (Å²) in [4.78, 5) is 0. The van der Waals surface area contributed by atoms with Crippen LogP contribution in [0.1, 0.15) is 38.5 Å². The molecule has 0 heterocycles. The van der Waals surface area contributed by atoms with Gasteiger partial charge in [-0.2, -0.15) is 13.7 Å². The molecule has 4 saturated carbocycles. The second kappa shape index (κ2) is 4.46. The molecule has 19 heavy (non-hydrogen) atoms. The number of nitrogens with zero attached hydrogens (tertiary/aromatic N) is 1. The zero-order valence-corrected chi connectivity index (χ0v) is 12.2. The van der Waals surface area contributed by atoms with Gasteiger partial charge in [0.15, 0.2) is 0 Å². The van der Waals surface area contributed by atoms with Gasteiger partial charge in [-0.25, -0.2) is 0 Å². The first-order valence-electron chi connectivity index (χ1n) is 7.14. The van der Waals surface area contributed by atoms with Crippen LogP contribution in [0.2, 0.25) is 0 Å². The molecule has 4 rings (SSSR count). The minimum Gasteiger partial charge on any atom is -0.270 e. The highest BCUT2D eigenvalue weighted by atomic mass is 32.2. The van der Waals surface area contributed by atoms with Gasteiger partial charge in [0.25, 0.3) is 10.1 Å². The highest BCUT2D eigenvalue weighted by Crippen LogP contribution is 2.63. The molecule has 0 unspecified atom stereocenters. The molecule has 0 atom stereocenters. The van der Waals surface area contributed by atoms with Gasteiger partial charge in [0, 0.05) is 11.8 Å². The molecule has 0 amide bonds. The highest BCUT2D eigenvalue weighted by molar-refractivity contribution is 7.85. The third kappa shape index (κ3) is 2.30. The number of hydrogen-bond donors (Lipinski definition) is 0. The van der Waals surface area contributed by atoms with E-state index >= 15 is 0 Å². The Hall–Kier alpha value is -0.600. The monoisotopic (exact) mass is 283 g/mol. The molecule has 0 N–H and O–H groups in total. The molecule has 0 radical (unpaired) electrons. The van der Waals surface area contributed by atoms with E-state index in [0.717, 1.165) is 18.1 Å². The van der Waals surface area contributed by atoms with Crippen molar-refractivity contribution in [3.63, 3.8) is 0 Å². The lowest BCUT2D eigenvalue weighted by Gasteiger charge is -2.60. The maximum absolute atomic E-state index is 11.3.